The SMILES string of the molecule is COc1cccc(OC)c1-n1c(NS(=O)(=O)C(C)C(C)c2cnc(C)cn2)nnc1-c1ccccn1. The van der Waals surface area contributed by atoms with Crippen LogP contribution >= 0.6 is 0 Å². The van der Waals surface area contributed by atoms with Gasteiger partial charge in [-0.25, -0.2) is 8.42 Å². The van der Waals surface area contributed by atoms with E-state index < -0.39 is 21.2 Å². The number of ether oxygens (including phenoxy) is 2. The molecular weight excluding hydrogens is 482 g/mol. The first-order valence-corrected chi connectivity index (χ1v) is 12.7. The Labute approximate surface area is 209 Å². The quantitative estimate of drug-likeness (QED) is 0.360. The normalized spacial score (nSPS) is 13.1. The Morgan fingerprint density at radius 2 is 1.64 bits per heavy atom. The number of hydrogen-bond acceptors (Lipinski definition) is 9. The van der Waals surface area contributed by atoms with E-state index in [2.05, 4.69) is 29.9 Å². The molecule has 1 aromatic carbocycles. The van der Waals surface area contributed by atoms with Gasteiger partial charge in [0.25, 0.3) is 0 Å². The van der Waals surface area contributed by atoms with Crippen LogP contribution in [-0.2, 0) is 10.0 Å². The molecule has 0 amide bonds. The van der Waals surface area contributed by atoms with E-state index in [-0.39, 0.29) is 5.95 Å². The van der Waals surface area contributed by atoms with Crippen LogP contribution in [0, 0.1) is 6.92 Å². The molecule has 0 spiro atoms. The molecule has 36 heavy (non-hydrogen) atoms. The van der Waals surface area contributed by atoms with E-state index in [4.69, 9.17) is 9.47 Å². The number of methoxy groups -OCH3 is 2. The van der Waals surface area contributed by atoms with Gasteiger partial charge in [0.2, 0.25) is 16.0 Å². The number of aryl methyl sites for hydroxylation is 1. The van der Waals surface area contributed by atoms with Gasteiger partial charge >= 0.3 is 0 Å². The molecule has 0 aliphatic carbocycles. The first-order valence-electron chi connectivity index (χ1n) is 11.1. The topological polar surface area (TPSA) is 134 Å². The minimum Gasteiger partial charge on any atom is -0.494 e. The summed E-state index contributed by atoms with van der Waals surface area (Å²) in [5.74, 6) is 0.697. The lowest BCUT2D eigenvalue weighted by Gasteiger charge is -2.21. The van der Waals surface area contributed by atoms with Crippen LogP contribution in [-0.4, -0.2) is 57.6 Å². The molecule has 3 aromatic heterocycles. The Hall–Kier alpha value is -4.06. The Morgan fingerprint density at radius 1 is 0.917 bits per heavy atom. The first kappa shape index (κ1) is 25.0. The van der Waals surface area contributed by atoms with Crippen LogP contribution in [0.5, 0.6) is 11.5 Å². The van der Waals surface area contributed by atoms with Gasteiger partial charge in [0, 0.05) is 24.5 Å². The standard InChI is InChI=1S/C24H27N7O4S/c1-15-13-27-19(14-26-15)16(2)17(3)36(32,33)30-24-29-28-23(18-9-6-7-12-25-18)31(24)22-20(34-4)10-8-11-21(22)35-5/h6-14,16-17H,1-5H3,(H,29,30). The molecule has 0 saturated heterocycles. The van der Waals surface area contributed by atoms with Crippen molar-refractivity contribution >= 4 is 16.0 Å². The molecule has 0 saturated carbocycles. The third-order valence-electron chi connectivity index (χ3n) is 5.88. The summed E-state index contributed by atoms with van der Waals surface area (Å²) >= 11 is 0. The Balaban J connectivity index is 1.81. The Morgan fingerprint density at radius 3 is 2.22 bits per heavy atom. The molecule has 0 bridgehead atoms. The molecule has 2 unspecified atom stereocenters. The molecule has 11 nitrogen and oxygen atoms in total. The molecule has 0 aliphatic rings. The third kappa shape index (κ3) is 4.85. The average molecular weight is 510 g/mol. The molecule has 4 rings (SSSR count). The molecule has 1 N–H and O–H groups in total. The van der Waals surface area contributed by atoms with Crippen molar-refractivity contribution in [2.75, 3.05) is 18.9 Å². The lowest BCUT2D eigenvalue weighted by atomic mass is 10.1. The number of hydrogen-bond donors (Lipinski definition) is 1. The largest absolute Gasteiger partial charge is 0.494 e. The minimum absolute atomic E-state index is 0.0347. The number of aromatic nitrogens is 6. The van der Waals surface area contributed by atoms with Crippen molar-refractivity contribution in [1.82, 2.24) is 29.7 Å². The number of sulfonamides is 1. The van der Waals surface area contributed by atoms with E-state index in [1.165, 1.54) is 18.8 Å². The van der Waals surface area contributed by atoms with Crippen LogP contribution in [0.25, 0.3) is 17.2 Å². The molecular formula is C24H27N7O4S. The second-order valence-electron chi connectivity index (χ2n) is 8.13. The van der Waals surface area contributed by atoms with E-state index in [1.54, 1.807) is 68.8 Å². The summed E-state index contributed by atoms with van der Waals surface area (Å²) in [6, 6.07) is 10.6. The Kier molecular flexibility index (Phi) is 7.15. The lowest BCUT2D eigenvalue weighted by Crippen LogP contribution is -2.31. The van der Waals surface area contributed by atoms with Crippen LogP contribution in [0.3, 0.4) is 0 Å². The van der Waals surface area contributed by atoms with Crippen LogP contribution in [0.2, 0.25) is 0 Å². The lowest BCUT2D eigenvalue weighted by molar-refractivity contribution is 0.391. The van der Waals surface area contributed by atoms with Gasteiger partial charge in [0.05, 0.1) is 30.9 Å². The third-order valence-corrected chi connectivity index (χ3v) is 7.73. The number of rotatable bonds is 9. The number of anilines is 1. The van der Waals surface area contributed by atoms with Gasteiger partial charge in [-0.15, -0.1) is 10.2 Å². The van der Waals surface area contributed by atoms with Gasteiger partial charge in [-0.05, 0) is 38.1 Å². The van der Waals surface area contributed by atoms with Crippen molar-refractivity contribution in [1.29, 1.82) is 0 Å². The summed E-state index contributed by atoms with van der Waals surface area (Å²) in [4.78, 5) is 13.0. The highest BCUT2D eigenvalue weighted by Crippen LogP contribution is 2.37. The molecule has 0 radical (unpaired) electrons. The van der Waals surface area contributed by atoms with Gasteiger partial charge in [-0.3, -0.25) is 24.2 Å². The molecule has 188 valence electrons. The van der Waals surface area contributed by atoms with Crippen LogP contribution < -0.4 is 14.2 Å². The number of benzene rings is 1. The molecule has 0 fully saturated rings. The zero-order valence-corrected chi connectivity index (χ0v) is 21.4. The van der Waals surface area contributed by atoms with Crippen molar-refractivity contribution in [2.24, 2.45) is 0 Å². The van der Waals surface area contributed by atoms with E-state index in [1.807, 2.05) is 6.92 Å². The molecule has 3 heterocycles. The second-order valence-corrected chi connectivity index (χ2v) is 10.2. The highest BCUT2D eigenvalue weighted by molar-refractivity contribution is 7.93. The minimum atomic E-state index is -3.95. The van der Waals surface area contributed by atoms with Crippen molar-refractivity contribution in [3.05, 3.63) is 66.4 Å². The smallest absolute Gasteiger partial charge is 0.243 e. The maximum Gasteiger partial charge on any atom is 0.243 e. The van der Waals surface area contributed by atoms with Crippen molar-refractivity contribution < 1.29 is 17.9 Å². The molecule has 4 aromatic rings. The summed E-state index contributed by atoms with van der Waals surface area (Å²) in [5.41, 5.74) is 2.23. The first-order chi connectivity index (χ1) is 17.3. The molecule has 0 aliphatic heterocycles. The van der Waals surface area contributed by atoms with Crippen LogP contribution in [0.4, 0.5) is 5.95 Å². The number of nitrogens with one attached hydrogen (secondary N) is 1. The summed E-state index contributed by atoms with van der Waals surface area (Å²) < 4.78 is 42.3. The fourth-order valence-electron chi connectivity index (χ4n) is 3.64. The van der Waals surface area contributed by atoms with Gasteiger partial charge in [0.1, 0.15) is 22.9 Å². The molecule has 12 heteroatoms. The zero-order chi connectivity index (χ0) is 25.9. The maximum atomic E-state index is 13.5. The summed E-state index contributed by atoms with van der Waals surface area (Å²) in [7, 11) is -0.926. The Bertz CT molecular complexity index is 1420. The van der Waals surface area contributed by atoms with E-state index in [0.29, 0.717) is 34.4 Å². The fraction of sp³-hybridized carbons (Fsp3) is 0.292. The number of pyridine rings is 1. The van der Waals surface area contributed by atoms with Gasteiger partial charge in [-0.2, -0.15) is 0 Å². The van der Waals surface area contributed by atoms with Gasteiger partial charge < -0.3 is 9.47 Å². The highest BCUT2D eigenvalue weighted by Gasteiger charge is 2.32. The van der Waals surface area contributed by atoms with Crippen molar-refractivity contribution in [3.8, 4) is 28.7 Å². The predicted molar refractivity (Wildman–Crippen MR) is 135 cm³/mol. The van der Waals surface area contributed by atoms with Gasteiger partial charge in [-0.1, -0.05) is 19.1 Å². The fourth-order valence-corrected chi connectivity index (χ4v) is 4.89. The predicted octanol–water partition coefficient (Wildman–Crippen LogP) is 3.38. The van der Waals surface area contributed by atoms with Crippen molar-refractivity contribution in [3.63, 3.8) is 0 Å². The summed E-state index contributed by atoms with van der Waals surface area (Å²) in [6.45, 7) is 5.22. The summed E-state index contributed by atoms with van der Waals surface area (Å²) in [6.07, 6.45) is 4.82. The molecule has 2 atom stereocenters. The monoisotopic (exact) mass is 509 g/mol. The van der Waals surface area contributed by atoms with Crippen molar-refractivity contribution in [2.45, 2.75) is 31.9 Å². The zero-order valence-electron chi connectivity index (χ0n) is 20.6. The number of nitrogens with zero attached hydrogens (tertiary/aromatic N) is 6. The van der Waals surface area contributed by atoms with Crippen LogP contribution in [0.1, 0.15) is 31.2 Å². The maximum absolute atomic E-state index is 13.5. The van der Waals surface area contributed by atoms with E-state index in [0.717, 1.165) is 5.69 Å². The summed E-state index contributed by atoms with van der Waals surface area (Å²) in [5, 5.41) is 7.57. The van der Waals surface area contributed by atoms with Gasteiger partial charge in [0.15, 0.2) is 5.82 Å². The van der Waals surface area contributed by atoms with E-state index >= 15 is 0 Å². The number of para-hydroxylation sites is 1. The highest BCUT2D eigenvalue weighted by atomic mass is 32.2. The second kappa shape index (κ2) is 10.3. The van der Waals surface area contributed by atoms with Crippen LogP contribution in [0.15, 0.2) is 55.0 Å². The van der Waals surface area contributed by atoms with E-state index in [9.17, 15) is 8.42 Å². The average Bonchev–Trinajstić information content (AvgIpc) is 3.30.